The van der Waals surface area contributed by atoms with E-state index in [0.717, 1.165) is 74.2 Å². The van der Waals surface area contributed by atoms with Gasteiger partial charge < -0.3 is 24.4 Å². The number of carbonyl (C=O) groups is 2. The Morgan fingerprint density at radius 2 is 1.83 bits per heavy atom. The van der Waals surface area contributed by atoms with Gasteiger partial charge in [-0.25, -0.2) is 9.78 Å². The molecule has 8 heteroatoms. The summed E-state index contributed by atoms with van der Waals surface area (Å²) >= 11 is 0. The minimum Gasteiger partial charge on any atom is -0.352 e. The molecule has 0 bridgehead atoms. The molecule has 2 aromatic heterocycles. The molecule has 3 aromatic rings. The van der Waals surface area contributed by atoms with Crippen molar-refractivity contribution in [1.29, 1.82) is 0 Å². The van der Waals surface area contributed by atoms with Gasteiger partial charge in [0, 0.05) is 63.3 Å². The number of benzene rings is 1. The van der Waals surface area contributed by atoms with Crippen LogP contribution in [0.4, 0.5) is 4.79 Å². The number of imidazole rings is 1. The van der Waals surface area contributed by atoms with E-state index in [9.17, 15) is 9.59 Å². The van der Waals surface area contributed by atoms with E-state index in [2.05, 4.69) is 72.1 Å². The molecule has 2 fully saturated rings. The number of aryl methyl sites for hydroxylation is 2. The van der Waals surface area contributed by atoms with Gasteiger partial charge in [-0.15, -0.1) is 0 Å². The Morgan fingerprint density at radius 3 is 2.50 bits per heavy atom. The highest BCUT2D eigenvalue weighted by Crippen LogP contribution is 2.38. The van der Waals surface area contributed by atoms with Crippen molar-refractivity contribution in [3.63, 3.8) is 0 Å². The van der Waals surface area contributed by atoms with Crippen molar-refractivity contribution < 1.29 is 11.0 Å². The number of likely N-dealkylation sites (tertiary alicyclic amines) is 1. The van der Waals surface area contributed by atoms with Crippen molar-refractivity contribution in [1.82, 2.24) is 29.4 Å². The molecule has 228 valence electrons. The van der Waals surface area contributed by atoms with Crippen molar-refractivity contribution in [2.24, 2.45) is 0 Å². The van der Waals surface area contributed by atoms with Crippen LogP contribution in [0.3, 0.4) is 0 Å². The molecule has 1 unspecified atom stereocenters. The molecule has 0 aliphatic carbocycles. The van der Waals surface area contributed by atoms with Gasteiger partial charge in [0.15, 0.2) is 0 Å². The summed E-state index contributed by atoms with van der Waals surface area (Å²) in [5.74, 6) is -0.0162. The number of pyridine rings is 1. The largest absolute Gasteiger partial charge is 0.352 e. The summed E-state index contributed by atoms with van der Waals surface area (Å²) in [5, 5.41) is 3.21. The van der Waals surface area contributed by atoms with Crippen molar-refractivity contribution in [3.8, 4) is 0 Å². The lowest BCUT2D eigenvalue weighted by atomic mass is 9.96. The van der Waals surface area contributed by atoms with Crippen LogP contribution in [-0.4, -0.2) is 79.8 Å². The number of rotatable bonds is 9. The first-order valence-corrected chi connectivity index (χ1v) is 15.7. The lowest BCUT2D eigenvalue weighted by Crippen LogP contribution is -2.51. The third kappa shape index (κ3) is 6.05. The quantitative estimate of drug-likeness (QED) is 0.329. The molecule has 2 saturated heterocycles. The highest BCUT2D eigenvalue weighted by atomic mass is 16.2. The fourth-order valence-electron chi connectivity index (χ4n) is 7.06. The van der Waals surface area contributed by atoms with E-state index >= 15 is 0 Å². The summed E-state index contributed by atoms with van der Waals surface area (Å²) in [7, 11) is 0. The van der Waals surface area contributed by atoms with Gasteiger partial charge in [-0.05, 0) is 77.5 Å². The van der Waals surface area contributed by atoms with Crippen molar-refractivity contribution >= 4 is 17.6 Å². The zero-order valence-electron chi connectivity index (χ0n) is 26.3. The molecule has 2 aliphatic rings. The number of carbonyl (C=O) groups excluding carboxylic acids is 2. The number of piperidine rings is 1. The summed E-state index contributed by atoms with van der Waals surface area (Å²) in [6.45, 7) is 15.9. The zero-order chi connectivity index (χ0) is 30.0. The van der Waals surface area contributed by atoms with Gasteiger partial charge in [0.2, 0.25) is 0 Å². The number of fused-ring (bicyclic) bond motifs is 1. The average molecular weight is 575 g/mol. The van der Waals surface area contributed by atoms with Gasteiger partial charge in [0.1, 0.15) is 5.65 Å². The van der Waals surface area contributed by atoms with E-state index in [4.69, 9.17) is 0 Å². The van der Waals surface area contributed by atoms with E-state index in [1.165, 1.54) is 5.56 Å². The fraction of sp³-hybridized carbons (Fsp3) is 0.559. The first kappa shape index (κ1) is 30.1. The Hall–Kier alpha value is -3.39. The molecular formula is C34H50N6O2. The molecule has 0 saturated carbocycles. The van der Waals surface area contributed by atoms with Crippen LogP contribution in [-0.2, 0) is 0 Å². The molecular weight excluding hydrogens is 524 g/mol. The van der Waals surface area contributed by atoms with Crippen molar-refractivity contribution in [2.75, 3.05) is 26.2 Å². The van der Waals surface area contributed by atoms with Crippen LogP contribution in [0.15, 0.2) is 48.8 Å². The topological polar surface area (TPSA) is 73.2 Å². The monoisotopic (exact) mass is 574 g/mol. The highest BCUT2D eigenvalue weighted by molar-refractivity contribution is 5.97. The lowest BCUT2D eigenvalue weighted by molar-refractivity contribution is 0.0805. The van der Waals surface area contributed by atoms with Crippen LogP contribution in [0.25, 0.3) is 5.65 Å². The zero-order valence-corrected chi connectivity index (χ0v) is 26.3. The van der Waals surface area contributed by atoms with Gasteiger partial charge in [-0.2, -0.15) is 0 Å². The normalized spacial score (nSPS) is 19.6. The van der Waals surface area contributed by atoms with Crippen molar-refractivity contribution in [2.45, 2.75) is 97.3 Å². The lowest BCUT2D eigenvalue weighted by Gasteiger charge is -2.42. The summed E-state index contributed by atoms with van der Waals surface area (Å²) in [4.78, 5) is 38.2. The Kier molecular flexibility index (Phi) is 8.92. The first-order chi connectivity index (χ1) is 20.1. The van der Waals surface area contributed by atoms with Gasteiger partial charge in [0.05, 0.1) is 11.6 Å². The molecule has 1 N–H and O–H groups in total. The van der Waals surface area contributed by atoms with Crippen LogP contribution in [0, 0.1) is 13.8 Å². The molecule has 3 amide bonds. The molecule has 0 spiro atoms. The SMILES string of the molecule is CCCC(CCNC(=O)c1c(C)cc2nccn2c1C)N1CCC(N2C(=O)N(C(C)(C)C)C[C@H]2c2ccccc2)CC1.[HH]. The molecule has 2 atom stereocenters. The molecule has 42 heavy (non-hydrogen) atoms. The summed E-state index contributed by atoms with van der Waals surface area (Å²) in [6, 6.07) is 13.4. The maximum Gasteiger partial charge on any atom is 0.321 e. The van der Waals surface area contributed by atoms with Crippen LogP contribution >= 0.6 is 0 Å². The second kappa shape index (κ2) is 12.5. The average Bonchev–Trinajstić information content (AvgIpc) is 3.57. The summed E-state index contributed by atoms with van der Waals surface area (Å²) < 4.78 is 1.97. The van der Waals surface area contributed by atoms with Crippen LogP contribution < -0.4 is 5.32 Å². The predicted octanol–water partition coefficient (Wildman–Crippen LogP) is 6.23. The molecule has 2 aliphatic heterocycles. The second-order valence-corrected chi connectivity index (χ2v) is 13.1. The van der Waals surface area contributed by atoms with Crippen LogP contribution in [0.2, 0.25) is 0 Å². The maximum absolute atomic E-state index is 13.8. The minimum atomic E-state index is -0.210. The molecule has 1 aromatic carbocycles. The number of nitrogens with zero attached hydrogens (tertiary/aromatic N) is 5. The maximum atomic E-state index is 13.8. The summed E-state index contributed by atoms with van der Waals surface area (Å²) in [5.41, 5.74) is 4.48. The number of urea groups is 1. The smallest absolute Gasteiger partial charge is 0.321 e. The predicted molar refractivity (Wildman–Crippen MR) is 170 cm³/mol. The van der Waals surface area contributed by atoms with Crippen molar-refractivity contribution in [3.05, 3.63) is 71.2 Å². The Morgan fingerprint density at radius 1 is 1.12 bits per heavy atom. The minimum absolute atomic E-state index is 0. The summed E-state index contributed by atoms with van der Waals surface area (Å²) in [6.07, 6.45) is 8.75. The number of hydrogen-bond acceptors (Lipinski definition) is 4. The third-order valence-electron chi connectivity index (χ3n) is 9.29. The number of nitrogens with one attached hydrogen (secondary N) is 1. The third-order valence-corrected chi connectivity index (χ3v) is 9.29. The highest BCUT2D eigenvalue weighted by Gasteiger charge is 2.46. The van der Waals surface area contributed by atoms with Gasteiger partial charge >= 0.3 is 6.03 Å². The second-order valence-electron chi connectivity index (χ2n) is 13.1. The van der Waals surface area contributed by atoms with Crippen LogP contribution in [0.5, 0.6) is 0 Å². The van der Waals surface area contributed by atoms with Crippen LogP contribution in [0.1, 0.15) is 94.4 Å². The Balaban J connectivity index is 0.00000423. The number of hydrogen-bond donors (Lipinski definition) is 1. The van der Waals surface area contributed by atoms with E-state index < -0.39 is 0 Å². The molecule has 8 nitrogen and oxygen atoms in total. The van der Waals surface area contributed by atoms with E-state index in [1.54, 1.807) is 6.20 Å². The van der Waals surface area contributed by atoms with Gasteiger partial charge in [-0.3, -0.25) is 4.79 Å². The van der Waals surface area contributed by atoms with Gasteiger partial charge in [-0.1, -0.05) is 43.7 Å². The first-order valence-electron chi connectivity index (χ1n) is 15.7. The van der Waals surface area contributed by atoms with Gasteiger partial charge in [0.25, 0.3) is 5.91 Å². The number of aromatic nitrogens is 2. The molecule has 5 rings (SSSR count). The van der Waals surface area contributed by atoms with E-state index in [0.29, 0.717) is 12.6 Å². The molecule has 0 radical (unpaired) electrons. The standard InChI is InChI=1S/C34H48N6O2.H2/c1-7-11-27(14-17-36-32(41)31-24(2)22-30-35-18-21-38(30)25(31)3)37-19-15-28(16-20-37)40-29(26-12-9-8-10-13-26)23-39(33(40)42)34(4,5)6;/h8-10,12-13,18,21-22,27-29H,7,11,14-17,19-20,23H2,1-6H3,(H,36,41);1H/t27?,29-;/m0./s1. The number of amides is 3. The van der Waals surface area contributed by atoms with E-state index in [1.807, 2.05) is 41.5 Å². The Bertz CT molecular complexity index is 1390. The van der Waals surface area contributed by atoms with E-state index in [-0.39, 0.29) is 31.0 Å². The fourth-order valence-corrected chi connectivity index (χ4v) is 7.06. The molecule has 4 heterocycles. The Labute approximate surface area is 252 Å².